The molecule has 0 saturated carbocycles. The molecule has 0 bridgehead atoms. The molecule has 0 saturated heterocycles. The van der Waals surface area contributed by atoms with Crippen LogP contribution in [0.3, 0.4) is 0 Å². The number of hydrogen-bond acceptors (Lipinski definition) is 3. The molecule has 3 heteroatoms. The number of furan rings is 3. The number of hydrogen-bond donors (Lipinski definition) is 0. The molecule has 0 amide bonds. The lowest BCUT2D eigenvalue weighted by Crippen LogP contribution is -1.92. The Morgan fingerprint density at radius 2 is 0.341 bits per heavy atom. The van der Waals surface area contributed by atoms with E-state index in [-0.39, 0.29) is 0 Å². The molecule has 0 unspecified atom stereocenters. The lowest BCUT2D eigenvalue weighted by molar-refractivity contribution is 0.672. The van der Waals surface area contributed by atoms with Crippen LogP contribution in [0.1, 0.15) is 0 Å². The van der Waals surface area contributed by atoms with Crippen LogP contribution in [0.15, 0.2) is 486 Å². The Morgan fingerprint density at radius 3 is 0.690 bits per heavy atom. The second-order valence-corrected chi connectivity index (χ2v) is 33.8. The minimum absolute atomic E-state index is 0.914. The van der Waals surface area contributed by atoms with E-state index in [1.807, 2.05) is 0 Å². The van der Waals surface area contributed by atoms with Crippen molar-refractivity contribution in [2.75, 3.05) is 0 Å². The van der Waals surface area contributed by atoms with Gasteiger partial charge in [-0.05, 0) is 242 Å². The number of benzene rings is 24. The molecule has 0 radical (unpaired) electrons. The van der Waals surface area contributed by atoms with Crippen molar-refractivity contribution in [3.05, 3.63) is 473 Å². The van der Waals surface area contributed by atoms with Crippen molar-refractivity contribution >= 4 is 163 Å². The fraction of sp³-hybridized carbons (Fsp3) is 0. The molecule has 27 aromatic rings. The maximum atomic E-state index is 6.46. The van der Waals surface area contributed by atoms with Crippen LogP contribution in [0, 0.1) is 0 Å². The zero-order chi connectivity index (χ0) is 85.0. The van der Waals surface area contributed by atoms with Gasteiger partial charge in [0.15, 0.2) is 0 Å². The Hall–Kier alpha value is -17.0. The van der Waals surface area contributed by atoms with E-state index in [1.54, 1.807) is 0 Å². The molecule has 0 aliphatic carbocycles. The highest BCUT2D eigenvalue weighted by Crippen LogP contribution is 2.52. The van der Waals surface area contributed by atoms with Gasteiger partial charge in [0.05, 0.1) is 0 Å². The van der Waals surface area contributed by atoms with Crippen molar-refractivity contribution in [1.82, 2.24) is 0 Å². The van der Waals surface area contributed by atoms with Gasteiger partial charge in [0, 0.05) is 48.5 Å². The van der Waals surface area contributed by atoms with Gasteiger partial charge < -0.3 is 13.3 Å². The third-order valence-corrected chi connectivity index (χ3v) is 26.6. The van der Waals surface area contributed by atoms with Crippen LogP contribution in [-0.2, 0) is 0 Å². The monoisotopic (exact) mass is 1640 g/mol. The highest BCUT2D eigenvalue weighted by Gasteiger charge is 2.25. The minimum Gasteiger partial charge on any atom is -0.455 e. The lowest BCUT2D eigenvalue weighted by Gasteiger charge is -2.19. The summed E-state index contributed by atoms with van der Waals surface area (Å²) >= 11 is 0. The van der Waals surface area contributed by atoms with Crippen molar-refractivity contribution in [1.29, 1.82) is 0 Å². The summed E-state index contributed by atoms with van der Waals surface area (Å²) in [4.78, 5) is 0. The summed E-state index contributed by atoms with van der Waals surface area (Å²) in [5.41, 5.74) is 27.8. The average Bonchev–Trinajstić information content (AvgIpc) is 1.52. The average molecular weight is 1640 g/mol. The zero-order valence-corrected chi connectivity index (χ0v) is 70.3. The van der Waals surface area contributed by atoms with E-state index >= 15 is 0 Å². The van der Waals surface area contributed by atoms with Crippen LogP contribution in [0.4, 0.5) is 0 Å². The Labute approximate surface area is 744 Å². The van der Waals surface area contributed by atoms with E-state index in [0.29, 0.717) is 0 Å². The zero-order valence-electron chi connectivity index (χ0n) is 70.3. The highest BCUT2D eigenvalue weighted by atomic mass is 16.3. The van der Waals surface area contributed by atoms with Crippen LogP contribution in [-0.4, -0.2) is 0 Å². The molecule has 27 rings (SSSR count). The van der Waals surface area contributed by atoms with Gasteiger partial charge in [-0.25, -0.2) is 0 Å². The molecule has 0 N–H and O–H groups in total. The maximum Gasteiger partial charge on any atom is 0.143 e. The van der Waals surface area contributed by atoms with Gasteiger partial charge >= 0.3 is 0 Å². The van der Waals surface area contributed by atoms with Crippen molar-refractivity contribution < 1.29 is 13.3 Å². The molecule has 600 valence electrons. The summed E-state index contributed by atoms with van der Waals surface area (Å²) in [6, 6.07) is 170. The van der Waals surface area contributed by atoms with E-state index in [4.69, 9.17) is 13.3 Å². The molecule has 3 heterocycles. The van der Waals surface area contributed by atoms with Crippen LogP contribution in [0.5, 0.6) is 0 Å². The number of fused-ring (bicyclic) bond motifs is 21. The number of rotatable bonds is 9. The van der Waals surface area contributed by atoms with Crippen LogP contribution >= 0.6 is 0 Å². The van der Waals surface area contributed by atoms with Crippen molar-refractivity contribution in [3.8, 4) is 100 Å². The molecule has 129 heavy (non-hydrogen) atoms. The Kier molecular flexibility index (Phi) is 18.0. The summed E-state index contributed by atoms with van der Waals surface area (Å²) in [7, 11) is 0. The van der Waals surface area contributed by atoms with Gasteiger partial charge in [0.25, 0.3) is 0 Å². The second-order valence-electron chi connectivity index (χ2n) is 33.8. The maximum absolute atomic E-state index is 6.46. The van der Waals surface area contributed by atoms with Crippen molar-refractivity contribution in [2.45, 2.75) is 0 Å². The quantitative estimate of drug-likeness (QED) is 0.135. The molecule has 3 aromatic heterocycles. The van der Waals surface area contributed by atoms with Gasteiger partial charge in [-0.1, -0.05) is 413 Å². The van der Waals surface area contributed by atoms with E-state index in [9.17, 15) is 0 Å². The summed E-state index contributed by atoms with van der Waals surface area (Å²) in [6.07, 6.45) is 0. The molecule has 0 atom stereocenters. The highest BCUT2D eigenvalue weighted by molar-refractivity contribution is 6.28. The first-order valence-corrected chi connectivity index (χ1v) is 44.3. The Balaban J connectivity index is 0.000000105. The molecular formula is C126H78O3. The van der Waals surface area contributed by atoms with E-state index < -0.39 is 0 Å². The predicted octanol–water partition coefficient (Wildman–Crippen LogP) is 36.1. The first-order valence-electron chi connectivity index (χ1n) is 44.3. The first-order chi connectivity index (χ1) is 64.0. The summed E-state index contributed by atoms with van der Waals surface area (Å²) in [6.45, 7) is 0. The standard InChI is InChI=1S/3C42H26O/c1-2-11-27(12-3-1)29-14-10-15-30(25-29)40-33-17-6-8-19-35(33)41(36-20-9-7-18-34(36)40)31-22-24-39-38(26-31)37-23-21-28-13-4-5-16-32(28)42(37)43-39;1-2-10-27(11-3-1)28-18-20-30(21-19-28)40-33-14-6-8-16-35(33)41(36-17-9-7-15-34(36)40)31-23-25-39-38(26-31)37-24-22-29-12-4-5-13-32(29)42(37)43-39;1-2-12-27(13-3-1)30-15-6-7-17-32(30)41-35-20-10-8-18-33(35)40(34-19-9-11-21-36(34)41)29-23-25-39-38(26-29)37-24-22-28-14-4-5-16-31(28)42(37)43-39/h3*1-26H. The van der Waals surface area contributed by atoms with Crippen molar-refractivity contribution in [3.63, 3.8) is 0 Å². The van der Waals surface area contributed by atoms with Gasteiger partial charge in [-0.3, -0.25) is 0 Å². The summed E-state index contributed by atoms with van der Waals surface area (Å²) in [5, 5.41) is 28.9. The van der Waals surface area contributed by atoms with Crippen LogP contribution < -0.4 is 0 Å². The minimum atomic E-state index is 0.914. The van der Waals surface area contributed by atoms with Crippen LogP contribution in [0.25, 0.3) is 263 Å². The fourth-order valence-corrected chi connectivity index (χ4v) is 20.7. The summed E-state index contributed by atoms with van der Waals surface area (Å²) < 4.78 is 19.4. The normalized spacial score (nSPS) is 11.7. The molecule has 0 spiro atoms. The Morgan fingerprint density at radius 1 is 0.109 bits per heavy atom. The van der Waals surface area contributed by atoms with Crippen LogP contribution in [0.2, 0.25) is 0 Å². The van der Waals surface area contributed by atoms with Gasteiger partial charge in [0.2, 0.25) is 0 Å². The SMILES string of the molecule is c1ccc(-c2ccc(-c3c4ccccc4c(-c4ccc5oc6c7ccccc7ccc6c5c4)c4ccccc34)cc2)cc1.c1ccc(-c2cccc(-c3c4ccccc4c(-c4ccc5oc6c7ccccc7ccc6c5c4)c4ccccc34)c2)cc1.c1ccc(-c2ccccc2-c2c3ccccc3c(-c3ccc4oc5c6ccccc6ccc5c4c3)c3ccccc23)cc1. The van der Waals surface area contributed by atoms with E-state index in [0.717, 1.165) is 82.0 Å². The summed E-state index contributed by atoms with van der Waals surface area (Å²) in [5.74, 6) is 0. The third kappa shape index (κ3) is 12.6. The second kappa shape index (κ2) is 31.1. The first kappa shape index (κ1) is 74.6. The van der Waals surface area contributed by atoms with Gasteiger partial charge in [-0.15, -0.1) is 0 Å². The largest absolute Gasteiger partial charge is 0.455 e. The fourth-order valence-electron chi connectivity index (χ4n) is 20.7. The van der Waals surface area contributed by atoms with E-state index in [1.165, 1.54) is 181 Å². The molecule has 0 aliphatic rings. The Bertz CT molecular complexity index is 9000. The molecule has 3 nitrogen and oxygen atoms in total. The molecule has 0 aliphatic heterocycles. The lowest BCUT2D eigenvalue weighted by atomic mass is 9.83. The molecule has 0 fully saturated rings. The topological polar surface area (TPSA) is 39.4 Å². The third-order valence-electron chi connectivity index (χ3n) is 26.6. The van der Waals surface area contributed by atoms with Crippen molar-refractivity contribution in [2.24, 2.45) is 0 Å². The molecule has 24 aromatic carbocycles. The van der Waals surface area contributed by atoms with Gasteiger partial charge in [0.1, 0.15) is 33.5 Å². The van der Waals surface area contributed by atoms with E-state index in [2.05, 4.69) is 473 Å². The predicted molar refractivity (Wildman–Crippen MR) is 548 cm³/mol. The molecular weight excluding hydrogens is 1560 g/mol. The smallest absolute Gasteiger partial charge is 0.143 e. The van der Waals surface area contributed by atoms with Gasteiger partial charge in [-0.2, -0.15) is 0 Å².